The van der Waals surface area contributed by atoms with E-state index in [4.69, 9.17) is 9.47 Å². The first-order valence-corrected chi connectivity index (χ1v) is 8.60. The lowest BCUT2D eigenvalue weighted by Gasteiger charge is -2.30. The fraction of sp³-hybridized carbons (Fsp3) is 0.722. The zero-order valence-electron chi connectivity index (χ0n) is 15.3. The third kappa shape index (κ3) is 4.18. The van der Waals surface area contributed by atoms with Crippen LogP contribution in [0.1, 0.15) is 34.1 Å². The van der Waals surface area contributed by atoms with Gasteiger partial charge in [0.05, 0.1) is 31.0 Å². The van der Waals surface area contributed by atoms with Gasteiger partial charge in [-0.2, -0.15) is 0 Å². The van der Waals surface area contributed by atoms with Crippen molar-refractivity contribution < 1.29 is 19.4 Å². The molecule has 1 fully saturated rings. The van der Waals surface area contributed by atoms with Crippen molar-refractivity contribution in [2.75, 3.05) is 13.7 Å². The number of carbonyl (C=O) groups is 1. The number of aliphatic hydroxyl groups excluding tert-OH is 1. The van der Waals surface area contributed by atoms with Crippen LogP contribution in [0.25, 0.3) is 0 Å². The van der Waals surface area contributed by atoms with E-state index in [9.17, 15) is 9.90 Å². The fourth-order valence-corrected chi connectivity index (χ4v) is 3.36. The Hall–Kier alpha value is -1.37. The predicted molar refractivity (Wildman–Crippen MR) is 92.2 cm³/mol. The molecule has 0 aromatic rings. The highest BCUT2D eigenvalue weighted by molar-refractivity contribution is 5.80. The molecule has 1 unspecified atom stereocenters. The number of hydrogen-bond donors (Lipinski definition) is 2. The Balaban J connectivity index is 2.20. The summed E-state index contributed by atoms with van der Waals surface area (Å²) in [7, 11) is 1.69. The summed E-state index contributed by atoms with van der Waals surface area (Å²) in [5.41, 5.74) is 1.41. The molecule has 1 aliphatic heterocycles. The van der Waals surface area contributed by atoms with Crippen LogP contribution < -0.4 is 5.32 Å². The van der Waals surface area contributed by atoms with Crippen molar-refractivity contribution in [3.05, 3.63) is 24.0 Å². The van der Waals surface area contributed by atoms with Gasteiger partial charge in [-0.3, -0.25) is 0 Å². The average Bonchev–Trinajstić information content (AvgIpc) is 2.77. The van der Waals surface area contributed by atoms with E-state index in [0.29, 0.717) is 12.3 Å². The molecule has 0 spiro atoms. The van der Waals surface area contributed by atoms with Crippen LogP contribution in [-0.4, -0.2) is 54.1 Å². The third-order valence-electron chi connectivity index (χ3n) is 4.50. The zero-order valence-corrected chi connectivity index (χ0v) is 15.3. The molecule has 2 N–H and O–H groups in total. The van der Waals surface area contributed by atoms with Gasteiger partial charge in [-0.1, -0.05) is 6.58 Å². The highest BCUT2D eigenvalue weighted by Gasteiger charge is 2.46. The van der Waals surface area contributed by atoms with Crippen molar-refractivity contribution in [2.24, 2.45) is 11.8 Å². The molecule has 1 heterocycles. The number of nitrogens with zero attached hydrogens (tertiary/aromatic N) is 1. The van der Waals surface area contributed by atoms with Crippen molar-refractivity contribution in [3.63, 3.8) is 0 Å². The second kappa shape index (κ2) is 7.68. The number of nitrogens with one attached hydrogen (secondary N) is 1. The van der Waals surface area contributed by atoms with Crippen molar-refractivity contribution in [2.45, 2.75) is 58.5 Å². The summed E-state index contributed by atoms with van der Waals surface area (Å²) >= 11 is 0. The number of ether oxygens (including phenoxy) is 2. The quantitative estimate of drug-likeness (QED) is 0.779. The first kappa shape index (κ1) is 19.0. The van der Waals surface area contributed by atoms with E-state index < -0.39 is 6.10 Å². The van der Waals surface area contributed by atoms with E-state index >= 15 is 0 Å². The predicted octanol–water partition coefficient (Wildman–Crippen LogP) is 2.25. The van der Waals surface area contributed by atoms with Gasteiger partial charge < -0.3 is 24.8 Å². The van der Waals surface area contributed by atoms with Crippen LogP contribution in [0.2, 0.25) is 0 Å². The zero-order chi connectivity index (χ0) is 18.0. The summed E-state index contributed by atoms with van der Waals surface area (Å²) in [6.07, 6.45) is 1.71. The molecule has 2 rings (SSSR count). The van der Waals surface area contributed by atoms with E-state index in [1.165, 1.54) is 4.90 Å². The monoisotopic (exact) mass is 338 g/mol. The second-order valence-electron chi connectivity index (χ2n) is 7.23. The fourth-order valence-electron chi connectivity index (χ4n) is 3.36. The molecule has 1 aliphatic carbocycles. The molecule has 2 amide bonds. The second-order valence-corrected chi connectivity index (χ2v) is 7.23. The molecule has 0 aromatic carbocycles. The molecule has 0 radical (unpaired) electrons. The summed E-state index contributed by atoms with van der Waals surface area (Å²) in [4.78, 5) is 13.2. The first-order valence-electron chi connectivity index (χ1n) is 8.60. The van der Waals surface area contributed by atoms with Gasteiger partial charge in [-0.15, -0.1) is 0 Å². The number of rotatable bonds is 6. The normalized spacial score (nSPS) is 31.0. The number of amides is 2. The molecule has 4 atom stereocenters. The molecule has 24 heavy (non-hydrogen) atoms. The third-order valence-corrected chi connectivity index (χ3v) is 4.50. The van der Waals surface area contributed by atoms with Crippen molar-refractivity contribution in [3.8, 4) is 0 Å². The standard InChI is InChI=1S/C18H30N2O4/c1-10(2)23-9-13-7-14(16(21)17(13)24-11(3)4)15-8-20(6)18(22)19-12(15)5/h8,10-11,13-14,16-17,21H,5,7,9H2,1-4,6H3,(H,19,22)/t13-,14+,16-,17?/m1/s1. The minimum absolute atomic E-state index is 0.0239. The van der Waals surface area contributed by atoms with Crippen LogP contribution in [0, 0.1) is 11.8 Å². The number of hydrogen-bond acceptors (Lipinski definition) is 4. The molecule has 6 heteroatoms. The summed E-state index contributed by atoms with van der Waals surface area (Å²) < 4.78 is 11.8. The maximum atomic E-state index is 11.7. The van der Waals surface area contributed by atoms with Crippen LogP contribution in [-0.2, 0) is 9.47 Å². The topological polar surface area (TPSA) is 71.0 Å². The molecule has 0 aromatic heterocycles. The first-order chi connectivity index (χ1) is 11.2. The van der Waals surface area contributed by atoms with Gasteiger partial charge in [-0.25, -0.2) is 4.79 Å². The van der Waals surface area contributed by atoms with Gasteiger partial charge in [0.25, 0.3) is 0 Å². The molecule has 1 saturated carbocycles. The van der Waals surface area contributed by atoms with Crippen LogP contribution in [0.3, 0.4) is 0 Å². The van der Waals surface area contributed by atoms with Gasteiger partial charge in [0.15, 0.2) is 0 Å². The summed E-state index contributed by atoms with van der Waals surface area (Å²) in [5, 5.41) is 13.6. The van der Waals surface area contributed by atoms with E-state index in [1.54, 1.807) is 13.2 Å². The minimum Gasteiger partial charge on any atom is -0.390 e. The number of urea groups is 1. The number of allylic oxidation sites excluding steroid dienone is 1. The Morgan fingerprint density at radius 3 is 2.62 bits per heavy atom. The van der Waals surface area contributed by atoms with Crippen LogP contribution in [0.4, 0.5) is 4.79 Å². The van der Waals surface area contributed by atoms with E-state index in [-0.39, 0.29) is 36.2 Å². The Morgan fingerprint density at radius 2 is 2.04 bits per heavy atom. The molecule has 0 saturated heterocycles. The van der Waals surface area contributed by atoms with Gasteiger partial charge in [-0.05, 0) is 39.7 Å². The Morgan fingerprint density at radius 1 is 1.38 bits per heavy atom. The lowest BCUT2D eigenvalue weighted by atomic mass is 9.92. The van der Waals surface area contributed by atoms with E-state index in [1.807, 2.05) is 27.7 Å². The number of aliphatic hydroxyl groups is 1. The highest BCUT2D eigenvalue weighted by atomic mass is 16.5. The average molecular weight is 338 g/mol. The lowest BCUT2D eigenvalue weighted by Crippen LogP contribution is -2.41. The molecule has 6 nitrogen and oxygen atoms in total. The Labute approximate surface area is 144 Å². The highest BCUT2D eigenvalue weighted by Crippen LogP contribution is 2.41. The van der Waals surface area contributed by atoms with Crippen molar-refractivity contribution in [1.29, 1.82) is 0 Å². The van der Waals surface area contributed by atoms with Crippen molar-refractivity contribution in [1.82, 2.24) is 10.2 Å². The van der Waals surface area contributed by atoms with Gasteiger partial charge in [0.2, 0.25) is 0 Å². The van der Waals surface area contributed by atoms with Crippen molar-refractivity contribution >= 4 is 6.03 Å². The molecular formula is C18H30N2O4. The number of carbonyl (C=O) groups excluding carboxylic acids is 1. The van der Waals surface area contributed by atoms with Gasteiger partial charge >= 0.3 is 6.03 Å². The summed E-state index contributed by atoms with van der Waals surface area (Å²) in [6.45, 7) is 12.4. The largest absolute Gasteiger partial charge is 0.390 e. The molecule has 0 bridgehead atoms. The van der Waals surface area contributed by atoms with Gasteiger partial charge in [0.1, 0.15) is 0 Å². The molecular weight excluding hydrogens is 308 g/mol. The SMILES string of the molecule is C=C1NC(=O)N(C)C=C1[C@@H]1C[C@H](COC(C)C)C(OC(C)C)[C@@H]1O. The van der Waals surface area contributed by atoms with Crippen LogP contribution in [0.15, 0.2) is 24.0 Å². The smallest absolute Gasteiger partial charge is 0.325 e. The maximum Gasteiger partial charge on any atom is 0.325 e. The lowest BCUT2D eigenvalue weighted by molar-refractivity contribution is -0.0895. The van der Waals surface area contributed by atoms with Gasteiger partial charge in [0, 0.05) is 30.8 Å². The summed E-state index contributed by atoms with van der Waals surface area (Å²) in [5.74, 6) is -0.0310. The molecule has 136 valence electrons. The molecule has 2 aliphatic rings. The summed E-state index contributed by atoms with van der Waals surface area (Å²) in [6, 6.07) is -0.217. The maximum absolute atomic E-state index is 11.7. The Bertz CT molecular complexity index is 515. The van der Waals surface area contributed by atoms with Crippen LogP contribution >= 0.6 is 0 Å². The minimum atomic E-state index is -0.653. The van der Waals surface area contributed by atoms with E-state index in [0.717, 1.165) is 12.0 Å². The van der Waals surface area contributed by atoms with Crippen LogP contribution in [0.5, 0.6) is 0 Å². The Kier molecular flexibility index (Phi) is 6.06. The van der Waals surface area contributed by atoms with E-state index in [2.05, 4.69) is 11.9 Å².